The maximum Gasteiger partial charge on any atom is 0.317 e. The van der Waals surface area contributed by atoms with Crippen LogP contribution in [0.3, 0.4) is 0 Å². The molecule has 1 atom stereocenters. The van der Waals surface area contributed by atoms with E-state index in [4.69, 9.17) is 0 Å². The van der Waals surface area contributed by atoms with Gasteiger partial charge in [-0.2, -0.15) is 5.10 Å². The standard InChI is InChI=1S/C14H20N6O/c1-19(8-11-5-6-20(2)18-11)14(21)17-10-3-4-12-13(7-10)16-9-15-12/h5-6,9-10H,3-4,7-8H2,1-2H3,(H,15,16)(H,17,21). The van der Waals surface area contributed by atoms with Gasteiger partial charge in [-0.3, -0.25) is 4.68 Å². The van der Waals surface area contributed by atoms with Gasteiger partial charge in [-0.1, -0.05) is 0 Å². The van der Waals surface area contributed by atoms with Crippen LogP contribution in [0.2, 0.25) is 0 Å². The van der Waals surface area contributed by atoms with E-state index in [9.17, 15) is 4.79 Å². The molecule has 0 bridgehead atoms. The molecule has 21 heavy (non-hydrogen) atoms. The van der Waals surface area contributed by atoms with E-state index >= 15 is 0 Å². The minimum absolute atomic E-state index is 0.0615. The first kappa shape index (κ1) is 13.7. The Hall–Kier alpha value is -2.31. The summed E-state index contributed by atoms with van der Waals surface area (Å²) in [6, 6.07) is 2.02. The third kappa shape index (κ3) is 3.07. The van der Waals surface area contributed by atoms with Crippen LogP contribution in [0.1, 0.15) is 23.5 Å². The van der Waals surface area contributed by atoms with Crippen molar-refractivity contribution in [2.24, 2.45) is 7.05 Å². The van der Waals surface area contributed by atoms with Crippen molar-refractivity contribution in [2.75, 3.05) is 7.05 Å². The molecule has 1 unspecified atom stereocenters. The van der Waals surface area contributed by atoms with Gasteiger partial charge in [0.15, 0.2) is 0 Å². The van der Waals surface area contributed by atoms with Crippen LogP contribution in [-0.2, 0) is 26.4 Å². The number of urea groups is 1. The fourth-order valence-electron chi connectivity index (χ4n) is 2.67. The van der Waals surface area contributed by atoms with Gasteiger partial charge in [0, 0.05) is 38.4 Å². The Balaban J connectivity index is 1.54. The fourth-order valence-corrected chi connectivity index (χ4v) is 2.67. The molecule has 0 saturated heterocycles. The lowest BCUT2D eigenvalue weighted by molar-refractivity contribution is 0.200. The Kier molecular flexibility index (Phi) is 3.64. The van der Waals surface area contributed by atoms with E-state index in [0.29, 0.717) is 6.54 Å². The van der Waals surface area contributed by atoms with Gasteiger partial charge in [-0.15, -0.1) is 0 Å². The molecule has 7 nitrogen and oxygen atoms in total. The molecule has 7 heteroatoms. The van der Waals surface area contributed by atoms with E-state index < -0.39 is 0 Å². The quantitative estimate of drug-likeness (QED) is 0.878. The number of nitrogens with one attached hydrogen (secondary N) is 2. The van der Waals surface area contributed by atoms with Gasteiger partial charge in [-0.05, 0) is 18.9 Å². The zero-order chi connectivity index (χ0) is 14.8. The van der Waals surface area contributed by atoms with Crippen molar-refractivity contribution < 1.29 is 4.79 Å². The van der Waals surface area contributed by atoms with E-state index in [2.05, 4.69) is 20.4 Å². The van der Waals surface area contributed by atoms with Gasteiger partial charge >= 0.3 is 6.03 Å². The van der Waals surface area contributed by atoms with Crippen molar-refractivity contribution in [3.8, 4) is 0 Å². The van der Waals surface area contributed by atoms with Crippen LogP contribution >= 0.6 is 0 Å². The number of amides is 2. The zero-order valence-electron chi connectivity index (χ0n) is 12.3. The summed E-state index contributed by atoms with van der Waals surface area (Å²) in [6.45, 7) is 0.509. The Morgan fingerprint density at radius 2 is 2.48 bits per heavy atom. The number of aryl methyl sites for hydroxylation is 2. The number of carbonyl (C=O) groups excluding carboxylic acids is 1. The predicted octanol–water partition coefficient (Wildman–Crippen LogP) is 0.842. The van der Waals surface area contributed by atoms with E-state index in [0.717, 1.165) is 36.3 Å². The first-order valence-electron chi connectivity index (χ1n) is 7.13. The molecule has 2 aromatic heterocycles. The van der Waals surface area contributed by atoms with Crippen molar-refractivity contribution in [1.82, 2.24) is 30.0 Å². The van der Waals surface area contributed by atoms with Crippen molar-refractivity contribution >= 4 is 6.03 Å². The highest BCUT2D eigenvalue weighted by Gasteiger charge is 2.23. The first-order valence-corrected chi connectivity index (χ1v) is 7.13. The minimum atomic E-state index is -0.0615. The second kappa shape index (κ2) is 5.59. The smallest absolute Gasteiger partial charge is 0.317 e. The van der Waals surface area contributed by atoms with Crippen molar-refractivity contribution in [1.29, 1.82) is 0 Å². The van der Waals surface area contributed by atoms with Crippen LogP contribution < -0.4 is 5.32 Å². The molecule has 0 saturated carbocycles. The summed E-state index contributed by atoms with van der Waals surface area (Å²) in [6.07, 6.45) is 6.26. The third-order valence-electron chi connectivity index (χ3n) is 3.83. The van der Waals surface area contributed by atoms with Gasteiger partial charge in [0.1, 0.15) is 0 Å². The van der Waals surface area contributed by atoms with Crippen molar-refractivity contribution in [3.63, 3.8) is 0 Å². The number of imidazole rings is 1. The average Bonchev–Trinajstić information content (AvgIpc) is 3.07. The highest BCUT2D eigenvalue weighted by molar-refractivity contribution is 5.74. The summed E-state index contributed by atoms with van der Waals surface area (Å²) in [7, 11) is 3.65. The summed E-state index contributed by atoms with van der Waals surface area (Å²) < 4.78 is 1.74. The van der Waals surface area contributed by atoms with Gasteiger partial charge in [0.2, 0.25) is 0 Å². The SMILES string of the molecule is CN(Cc1ccn(C)n1)C(=O)NC1CCc2nc[nH]c2C1. The molecule has 112 valence electrons. The van der Waals surface area contributed by atoms with Gasteiger partial charge < -0.3 is 15.2 Å². The Morgan fingerprint density at radius 3 is 3.24 bits per heavy atom. The van der Waals surface area contributed by atoms with Gasteiger partial charge in [0.05, 0.1) is 24.3 Å². The Bertz CT molecular complexity index is 631. The van der Waals surface area contributed by atoms with Crippen LogP contribution in [0.4, 0.5) is 4.79 Å². The molecule has 3 rings (SSSR count). The van der Waals surface area contributed by atoms with Crippen molar-refractivity contribution in [2.45, 2.75) is 31.8 Å². The molecule has 2 N–H and O–H groups in total. The molecule has 0 radical (unpaired) electrons. The fraction of sp³-hybridized carbons (Fsp3) is 0.500. The molecule has 0 aliphatic heterocycles. The lowest BCUT2D eigenvalue weighted by Gasteiger charge is -2.25. The number of hydrogen-bond acceptors (Lipinski definition) is 3. The van der Waals surface area contributed by atoms with Gasteiger partial charge in [-0.25, -0.2) is 9.78 Å². The van der Waals surface area contributed by atoms with E-state index in [1.165, 1.54) is 0 Å². The first-order chi connectivity index (χ1) is 10.1. The molecule has 2 amide bonds. The topological polar surface area (TPSA) is 78.8 Å². The maximum absolute atomic E-state index is 12.2. The molecule has 0 aromatic carbocycles. The highest BCUT2D eigenvalue weighted by atomic mass is 16.2. The molecule has 2 heterocycles. The number of rotatable bonds is 3. The Labute approximate surface area is 123 Å². The highest BCUT2D eigenvalue weighted by Crippen LogP contribution is 2.17. The van der Waals surface area contributed by atoms with Crippen LogP contribution in [0, 0.1) is 0 Å². The lowest BCUT2D eigenvalue weighted by Crippen LogP contribution is -2.45. The third-order valence-corrected chi connectivity index (χ3v) is 3.83. The molecule has 1 aliphatic rings. The van der Waals surface area contributed by atoms with Crippen LogP contribution in [0.5, 0.6) is 0 Å². The largest absolute Gasteiger partial charge is 0.348 e. The normalized spacial score (nSPS) is 17.3. The molecule has 1 aliphatic carbocycles. The molecular weight excluding hydrogens is 268 g/mol. The number of aromatic amines is 1. The molecule has 2 aromatic rings. The summed E-state index contributed by atoms with van der Waals surface area (Å²) in [4.78, 5) is 21.3. The summed E-state index contributed by atoms with van der Waals surface area (Å²) >= 11 is 0. The number of carbonyl (C=O) groups is 1. The van der Waals surface area contributed by atoms with E-state index in [1.54, 1.807) is 23.0 Å². The minimum Gasteiger partial charge on any atom is -0.348 e. The molecular formula is C14H20N6O. The average molecular weight is 288 g/mol. The predicted molar refractivity (Wildman–Crippen MR) is 77.6 cm³/mol. The van der Waals surface area contributed by atoms with Crippen molar-refractivity contribution in [3.05, 3.63) is 35.7 Å². The molecule has 0 spiro atoms. The second-order valence-electron chi connectivity index (χ2n) is 5.55. The summed E-state index contributed by atoms with van der Waals surface area (Å²) in [5, 5.41) is 7.37. The van der Waals surface area contributed by atoms with Crippen LogP contribution in [0.15, 0.2) is 18.6 Å². The summed E-state index contributed by atoms with van der Waals surface area (Å²) in [5.41, 5.74) is 3.15. The number of H-pyrrole nitrogens is 1. The van der Waals surface area contributed by atoms with Crippen LogP contribution in [0.25, 0.3) is 0 Å². The summed E-state index contributed by atoms with van der Waals surface area (Å²) in [5.74, 6) is 0. The monoisotopic (exact) mass is 288 g/mol. The van der Waals surface area contributed by atoms with E-state index in [-0.39, 0.29) is 12.1 Å². The van der Waals surface area contributed by atoms with Crippen LogP contribution in [-0.4, -0.2) is 43.8 Å². The number of fused-ring (bicyclic) bond motifs is 1. The molecule has 0 fully saturated rings. The second-order valence-corrected chi connectivity index (χ2v) is 5.55. The zero-order valence-corrected chi connectivity index (χ0v) is 12.3. The van der Waals surface area contributed by atoms with E-state index in [1.807, 2.05) is 19.3 Å². The number of hydrogen-bond donors (Lipinski definition) is 2. The lowest BCUT2D eigenvalue weighted by atomic mass is 9.96. The maximum atomic E-state index is 12.2. The van der Waals surface area contributed by atoms with Gasteiger partial charge in [0.25, 0.3) is 0 Å². The number of nitrogens with zero attached hydrogens (tertiary/aromatic N) is 4. The Morgan fingerprint density at radius 1 is 1.62 bits per heavy atom. The number of aromatic nitrogens is 4.